The maximum atomic E-state index is 12.9. The van der Waals surface area contributed by atoms with Gasteiger partial charge in [0.05, 0.1) is 0 Å². The van der Waals surface area contributed by atoms with Crippen LogP contribution in [0, 0.1) is 5.82 Å². The topological polar surface area (TPSA) is 61.4 Å². The highest BCUT2D eigenvalue weighted by molar-refractivity contribution is 5.73. The molecule has 1 fully saturated rings. The summed E-state index contributed by atoms with van der Waals surface area (Å²) in [5.41, 5.74) is 1.02. The van der Waals surface area contributed by atoms with Crippen LogP contribution in [0.3, 0.4) is 0 Å². The molecule has 1 aliphatic rings. The molecule has 22 heavy (non-hydrogen) atoms. The molecule has 1 aromatic carbocycles. The third-order valence-electron chi connectivity index (χ3n) is 3.07. The zero-order valence-corrected chi connectivity index (χ0v) is 11.8. The molecule has 0 spiro atoms. The molecule has 8 heteroatoms. The Morgan fingerprint density at radius 3 is 2.41 bits per heavy atom. The van der Waals surface area contributed by atoms with Gasteiger partial charge in [0, 0.05) is 12.6 Å². The van der Waals surface area contributed by atoms with Crippen molar-refractivity contribution in [3.8, 4) is 0 Å². The first-order valence-electron chi connectivity index (χ1n) is 6.77. The molecule has 0 amide bonds. The number of rotatable bonds is 3. The number of nitrogens with one attached hydrogen (secondary N) is 2. The number of aliphatic carboxylic acids is 1. The average molecular weight is 322 g/mol. The van der Waals surface area contributed by atoms with Gasteiger partial charge in [-0.05, 0) is 43.6 Å². The van der Waals surface area contributed by atoms with Crippen LogP contribution in [0.4, 0.5) is 17.6 Å². The predicted octanol–water partition coefficient (Wildman–Crippen LogP) is 2.30. The van der Waals surface area contributed by atoms with E-state index in [1.165, 1.54) is 6.07 Å². The van der Waals surface area contributed by atoms with Crippen molar-refractivity contribution in [1.29, 1.82) is 0 Å². The summed E-state index contributed by atoms with van der Waals surface area (Å²) in [6, 6.07) is 7.36. The minimum Gasteiger partial charge on any atom is -0.475 e. The molecule has 0 saturated carbocycles. The van der Waals surface area contributed by atoms with E-state index in [2.05, 4.69) is 10.6 Å². The molecule has 0 aromatic heterocycles. The summed E-state index contributed by atoms with van der Waals surface area (Å²) in [5.74, 6) is -2.91. The quantitative estimate of drug-likeness (QED) is 0.748. The molecular weight excluding hydrogens is 304 g/mol. The summed E-state index contributed by atoms with van der Waals surface area (Å²) in [6.45, 7) is 2.93. The lowest BCUT2D eigenvalue weighted by molar-refractivity contribution is -0.192. The van der Waals surface area contributed by atoms with Gasteiger partial charge < -0.3 is 15.7 Å². The number of carboxylic acid groups (broad SMARTS) is 1. The summed E-state index contributed by atoms with van der Waals surface area (Å²) < 4.78 is 44.6. The Morgan fingerprint density at radius 1 is 1.32 bits per heavy atom. The molecule has 0 atom stereocenters. The first kappa shape index (κ1) is 18.4. The van der Waals surface area contributed by atoms with Crippen molar-refractivity contribution in [2.24, 2.45) is 0 Å². The first-order valence-corrected chi connectivity index (χ1v) is 6.77. The number of carboxylic acids is 1. The fourth-order valence-electron chi connectivity index (χ4n) is 1.94. The molecule has 4 nitrogen and oxygen atoms in total. The Morgan fingerprint density at radius 2 is 1.91 bits per heavy atom. The second kappa shape index (κ2) is 8.70. The van der Waals surface area contributed by atoms with Crippen LogP contribution in [-0.2, 0) is 11.3 Å². The molecule has 0 radical (unpaired) electrons. The van der Waals surface area contributed by atoms with Crippen molar-refractivity contribution in [2.45, 2.75) is 31.6 Å². The highest BCUT2D eigenvalue weighted by Crippen LogP contribution is 2.13. The van der Waals surface area contributed by atoms with Crippen LogP contribution in [0.5, 0.6) is 0 Å². The number of hydrogen-bond acceptors (Lipinski definition) is 3. The third-order valence-corrected chi connectivity index (χ3v) is 3.07. The first-order chi connectivity index (χ1) is 10.3. The summed E-state index contributed by atoms with van der Waals surface area (Å²) in [7, 11) is 0. The Hall–Kier alpha value is -1.67. The van der Waals surface area contributed by atoms with Crippen molar-refractivity contribution in [3.63, 3.8) is 0 Å². The second-order valence-corrected chi connectivity index (χ2v) is 4.84. The number of carbonyl (C=O) groups is 1. The van der Waals surface area contributed by atoms with Crippen molar-refractivity contribution in [1.82, 2.24) is 10.6 Å². The Labute approximate surface area is 125 Å². The van der Waals surface area contributed by atoms with Crippen LogP contribution in [0.15, 0.2) is 24.3 Å². The smallest absolute Gasteiger partial charge is 0.475 e. The number of halogens is 4. The Balaban J connectivity index is 0.000000295. The normalized spacial score (nSPS) is 15.8. The molecule has 0 unspecified atom stereocenters. The lowest BCUT2D eigenvalue weighted by Crippen LogP contribution is -2.39. The molecule has 1 saturated heterocycles. The van der Waals surface area contributed by atoms with Crippen LogP contribution < -0.4 is 10.6 Å². The van der Waals surface area contributed by atoms with Crippen molar-refractivity contribution in [2.75, 3.05) is 13.1 Å². The molecule has 1 heterocycles. The van der Waals surface area contributed by atoms with Crippen LogP contribution in [0.1, 0.15) is 18.4 Å². The van der Waals surface area contributed by atoms with Gasteiger partial charge in [-0.2, -0.15) is 13.2 Å². The van der Waals surface area contributed by atoms with Crippen molar-refractivity contribution in [3.05, 3.63) is 35.6 Å². The minimum atomic E-state index is -5.08. The van der Waals surface area contributed by atoms with Gasteiger partial charge in [0.25, 0.3) is 0 Å². The van der Waals surface area contributed by atoms with Crippen LogP contribution in [0.2, 0.25) is 0 Å². The highest BCUT2D eigenvalue weighted by atomic mass is 19.4. The van der Waals surface area contributed by atoms with E-state index >= 15 is 0 Å². The lowest BCUT2D eigenvalue weighted by Gasteiger charge is -2.23. The molecule has 1 aromatic rings. The fourth-order valence-corrected chi connectivity index (χ4v) is 1.94. The summed E-state index contributed by atoms with van der Waals surface area (Å²) >= 11 is 0. The molecule has 2 rings (SSSR count). The zero-order chi connectivity index (χ0) is 16.6. The van der Waals surface area contributed by atoms with Crippen LogP contribution in [0.25, 0.3) is 0 Å². The van der Waals surface area contributed by atoms with Crippen LogP contribution in [-0.4, -0.2) is 36.4 Å². The van der Waals surface area contributed by atoms with E-state index in [9.17, 15) is 17.6 Å². The highest BCUT2D eigenvalue weighted by Gasteiger charge is 2.38. The van der Waals surface area contributed by atoms with E-state index in [1.54, 1.807) is 12.1 Å². The molecular formula is C14H18F4N2O2. The van der Waals surface area contributed by atoms with Gasteiger partial charge in [-0.15, -0.1) is 0 Å². The van der Waals surface area contributed by atoms with Gasteiger partial charge >= 0.3 is 12.1 Å². The van der Waals surface area contributed by atoms with E-state index in [0.29, 0.717) is 6.04 Å². The zero-order valence-electron chi connectivity index (χ0n) is 11.8. The number of alkyl halides is 3. The van der Waals surface area contributed by atoms with Gasteiger partial charge in [-0.25, -0.2) is 9.18 Å². The minimum absolute atomic E-state index is 0.153. The predicted molar refractivity (Wildman–Crippen MR) is 72.8 cm³/mol. The van der Waals surface area contributed by atoms with Gasteiger partial charge in [-0.3, -0.25) is 0 Å². The van der Waals surface area contributed by atoms with Crippen molar-refractivity contribution < 1.29 is 27.5 Å². The molecule has 0 aliphatic carbocycles. The SMILES string of the molecule is Fc1cccc(CNC2CCNCC2)c1.O=C(O)C(F)(F)F. The molecule has 124 valence electrons. The van der Waals surface area contributed by atoms with Gasteiger partial charge in [0.2, 0.25) is 0 Å². The number of piperidine rings is 1. The standard InChI is InChI=1S/C12H17FN2.C2HF3O2/c13-11-3-1-2-10(8-11)9-15-12-4-6-14-7-5-12;3-2(4,5)1(6)7/h1-3,8,12,14-15H,4-7,9H2;(H,6,7). The van der Waals surface area contributed by atoms with E-state index in [-0.39, 0.29) is 5.82 Å². The monoisotopic (exact) mass is 322 g/mol. The van der Waals surface area contributed by atoms with E-state index in [1.807, 2.05) is 6.07 Å². The summed E-state index contributed by atoms with van der Waals surface area (Å²) in [5, 5.41) is 13.9. The second-order valence-electron chi connectivity index (χ2n) is 4.84. The van der Waals surface area contributed by atoms with Gasteiger partial charge in [0.15, 0.2) is 0 Å². The largest absolute Gasteiger partial charge is 0.490 e. The van der Waals surface area contributed by atoms with E-state index in [4.69, 9.17) is 9.90 Å². The van der Waals surface area contributed by atoms with Gasteiger partial charge in [0.1, 0.15) is 5.82 Å². The number of hydrogen-bond donors (Lipinski definition) is 3. The summed E-state index contributed by atoms with van der Waals surface area (Å²) in [6.07, 6.45) is -2.76. The molecule has 3 N–H and O–H groups in total. The third kappa shape index (κ3) is 7.37. The molecule has 0 bridgehead atoms. The van der Waals surface area contributed by atoms with E-state index in [0.717, 1.165) is 38.0 Å². The van der Waals surface area contributed by atoms with Gasteiger partial charge in [-0.1, -0.05) is 12.1 Å². The Bertz CT molecular complexity index is 474. The summed E-state index contributed by atoms with van der Waals surface area (Å²) in [4.78, 5) is 8.90. The van der Waals surface area contributed by atoms with E-state index < -0.39 is 12.1 Å². The fraction of sp³-hybridized carbons (Fsp3) is 0.500. The maximum Gasteiger partial charge on any atom is 0.490 e. The number of benzene rings is 1. The lowest BCUT2D eigenvalue weighted by atomic mass is 10.1. The molecule has 1 aliphatic heterocycles. The average Bonchev–Trinajstić information content (AvgIpc) is 2.46. The Kier molecular flexibility index (Phi) is 7.26. The van der Waals surface area contributed by atoms with Crippen molar-refractivity contribution >= 4 is 5.97 Å². The maximum absolute atomic E-state index is 12.9. The van der Waals surface area contributed by atoms with Crippen LogP contribution >= 0.6 is 0 Å².